The molecule has 1 aromatic rings. The van der Waals surface area contributed by atoms with Gasteiger partial charge in [0.05, 0.1) is 5.92 Å². The molecule has 0 saturated carbocycles. The first-order valence-corrected chi connectivity index (χ1v) is 11.6. The van der Waals surface area contributed by atoms with Crippen LogP contribution in [-0.2, 0) is 16.0 Å². The van der Waals surface area contributed by atoms with Crippen molar-refractivity contribution in [1.82, 2.24) is 15.1 Å². The molecule has 1 aromatic carbocycles. The van der Waals surface area contributed by atoms with Crippen molar-refractivity contribution in [3.63, 3.8) is 0 Å². The number of carbonyl (C=O) groups is 2. The zero-order valence-electron chi connectivity index (χ0n) is 19.9. The summed E-state index contributed by atoms with van der Waals surface area (Å²) in [4.78, 5) is 30.9. The summed E-state index contributed by atoms with van der Waals surface area (Å²) in [6, 6.07) is 10.8. The highest BCUT2D eigenvalue weighted by atomic mass is 16.2. The van der Waals surface area contributed by atoms with Gasteiger partial charge in [0.15, 0.2) is 0 Å². The Kier molecular flexibility index (Phi) is 7.11. The Hall–Kier alpha value is -1.92. The van der Waals surface area contributed by atoms with Crippen LogP contribution in [0.1, 0.15) is 46.1 Å². The van der Waals surface area contributed by atoms with Crippen molar-refractivity contribution in [2.24, 2.45) is 23.0 Å². The highest BCUT2D eigenvalue weighted by molar-refractivity contribution is 5.93. The van der Waals surface area contributed by atoms with Crippen molar-refractivity contribution in [3.05, 3.63) is 35.9 Å². The van der Waals surface area contributed by atoms with Crippen molar-refractivity contribution in [2.45, 2.75) is 58.5 Å². The van der Waals surface area contributed by atoms with Gasteiger partial charge in [0.2, 0.25) is 11.8 Å². The average Bonchev–Trinajstić information content (AvgIpc) is 3.15. The first-order chi connectivity index (χ1) is 14.6. The molecule has 0 aromatic heterocycles. The lowest BCUT2D eigenvalue weighted by atomic mass is 9.68. The van der Waals surface area contributed by atoms with Gasteiger partial charge in [-0.15, -0.1) is 0 Å². The fourth-order valence-electron chi connectivity index (χ4n) is 5.67. The molecule has 0 aliphatic carbocycles. The van der Waals surface area contributed by atoms with E-state index < -0.39 is 22.8 Å². The van der Waals surface area contributed by atoms with Crippen molar-refractivity contribution >= 4 is 11.8 Å². The number of likely N-dealkylation sites (N-methyl/N-ethyl adjacent to an activating group) is 1. The molecule has 2 amide bonds. The van der Waals surface area contributed by atoms with Crippen molar-refractivity contribution < 1.29 is 9.59 Å². The van der Waals surface area contributed by atoms with E-state index in [2.05, 4.69) is 39.4 Å². The largest absolute Gasteiger partial charge is 0.368 e. The third-order valence-corrected chi connectivity index (χ3v) is 7.51. The van der Waals surface area contributed by atoms with Crippen LogP contribution in [0.15, 0.2) is 30.3 Å². The third-order valence-electron chi connectivity index (χ3n) is 7.51. The van der Waals surface area contributed by atoms with E-state index in [1.807, 2.05) is 26.8 Å². The Balaban J connectivity index is 1.75. The summed E-state index contributed by atoms with van der Waals surface area (Å²) in [7, 11) is 1.72. The number of amides is 2. The molecule has 3 N–H and O–H groups in total. The molecule has 6 heteroatoms. The number of hydrogen-bond donors (Lipinski definition) is 2. The molecule has 2 fully saturated rings. The monoisotopic (exact) mass is 428 g/mol. The minimum absolute atomic E-state index is 0.0561. The Morgan fingerprint density at radius 2 is 1.77 bits per heavy atom. The molecule has 2 aliphatic heterocycles. The molecule has 2 saturated heterocycles. The number of nitrogens with one attached hydrogen (secondary N) is 1. The average molecular weight is 429 g/mol. The maximum absolute atomic E-state index is 13.9. The predicted molar refractivity (Wildman–Crippen MR) is 124 cm³/mol. The highest BCUT2D eigenvalue weighted by Crippen LogP contribution is 2.40. The summed E-state index contributed by atoms with van der Waals surface area (Å²) in [6.07, 6.45) is 3.20. The van der Waals surface area contributed by atoms with Gasteiger partial charge in [-0.05, 0) is 56.7 Å². The van der Waals surface area contributed by atoms with Gasteiger partial charge >= 0.3 is 0 Å². The first kappa shape index (κ1) is 23.7. The summed E-state index contributed by atoms with van der Waals surface area (Å²) in [5.41, 5.74) is 5.65. The maximum Gasteiger partial charge on any atom is 0.238 e. The summed E-state index contributed by atoms with van der Waals surface area (Å²) in [6.45, 7) is 11.6. The molecule has 6 nitrogen and oxygen atoms in total. The first-order valence-electron chi connectivity index (χ1n) is 11.6. The minimum atomic E-state index is -1.09. The molecule has 0 spiro atoms. The van der Waals surface area contributed by atoms with Crippen LogP contribution in [0.2, 0.25) is 0 Å². The zero-order chi connectivity index (χ0) is 22.8. The number of hydrogen-bond acceptors (Lipinski definition) is 4. The Bertz CT molecular complexity index is 775. The number of benzene rings is 1. The van der Waals surface area contributed by atoms with Crippen LogP contribution in [0, 0.1) is 17.3 Å². The lowest BCUT2D eigenvalue weighted by Gasteiger charge is -2.45. The molecular formula is C25H40N4O2. The number of fused-ring (bicyclic) bond motifs is 1. The highest BCUT2D eigenvalue weighted by Gasteiger charge is 2.53. The van der Waals surface area contributed by atoms with E-state index in [-0.39, 0.29) is 11.9 Å². The third kappa shape index (κ3) is 4.96. The van der Waals surface area contributed by atoms with Gasteiger partial charge in [-0.25, -0.2) is 0 Å². The molecule has 31 heavy (non-hydrogen) atoms. The fraction of sp³-hybridized carbons (Fsp3) is 0.680. The minimum Gasteiger partial charge on any atom is -0.368 e. The number of likely N-dealkylation sites (tertiary alicyclic amines) is 2. The van der Waals surface area contributed by atoms with Crippen LogP contribution < -0.4 is 11.1 Å². The van der Waals surface area contributed by atoms with E-state index in [1.54, 1.807) is 14.0 Å². The predicted octanol–water partition coefficient (Wildman–Crippen LogP) is 2.28. The van der Waals surface area contributed by atoms with Gasteiger partial charge in [-0.2, -0.15) is 0 Å². The number of primary amides is 1. The summed E-state index contributed by atoms with van der Waals surface area (Å²) in [5, 5.41) is 3.08. The van der Waals surface area contributed by atoms with Gasteiger partial charge in [0.25, 0.3) is 0 Å². The Morgan fingerprint density at radius 1 is 1.13 bits per heavy atom. The maximum atomic E-state index is 13.9. The second kappa shape index (κ2) is 9.29. The number of piperidine rings is 1. The Labute approximate surface area is 187 Å². The van der Waals surface area contributed by atoms with Crippen LogP contribution in [0.4, 0.5) is 0 Å². The molecule has 0 bridgehead atoms. The second-order valence-electron chi connectivity index (χ2n) is 10.6. The zero-order valence-corrected chi connectivity index (χ0v) is 19.9. The fourth-order valence-corrected chi connectivity index (χ4v) is 5.67. The van der Waals surface area contributed by atoms with Crippen LogP contribution in [0.5, 0.6) is 0 Å². The van der Waals surface area contributed by atoms with Crippen molar-refractivity contribution in [3.8, 4) is 0 Å². The molecule has 3 rings (SSSR count). The summed E-state index contributed by atoms with van der Waals surface area (Å²) < 4.78 is 0. The lowest BCUT2D eigenvalue weighted by molar-refractivity contribution is -0.149. The molecular weight excluding hydrogens is 388 g/mol. The Morgan fingerprint density at radius 3 is 2.35 bits per heavy atom. The normalized spacial score (nSPS) is 25.0. The summed E-state index contributed by atoms with van der Waals surface area (Å²) >= 11 is 0. The molecule has 0 radical (unpaired) electrons. The van der Waals surface area contributed by atoms with E-state index in [0.29, 0.717) is 5.92 Å². The van der Waals surface area contributed by atoms with Crippen LogP contribution >= 0.6 is 0 Å². The van der Waals surface area contributed by atoms with Gasteiger partial charge in [0, 0.05) is 25.7 Å². The van der Waals surface area contributed by atoms with Gasteiger partial charge in [0.1, 0.15) is 5.54 Å². The van der Waals surface area contributed by atoms with Gasteiger partial charge in [-0.3, -0.25) is 9.59 Å². The second-order valence-corrected chi connectivity index (χ2v) is 10.6. The molecule has 172 valence electrons. The molecule has 4 atom stereocenters. The molecule has 1 unspecified atom stereocenters. The number of carbonyl (C=O) groups excluding carboxylic acids is 2. The smallest absolute Gasteiger partial charge is 0.238 e. The van der Waals surface area contributed by atoms with Crippen LogP contribution in [-0.4, -0.2) is 66.4 Å². The quantitative estimate of drug-likeness (QED) is 0.698. The number of nitrogens with two attached hydrogens (primary N) is 1. The van der Waals surface area contributed by atoms with E-state index in [9.17, 15) is 9.59 Å². The van der Waals surface area contributed by atoms with Crippen molar-refractivity contribution in [1.29, 1.82) is 0 Å². The van der Waals surface area contributed by atoms with Crippen LogP contribution in [0.25, 0.3) is 0 Å². The van der Waals surface area contributed by atoms with Gasteiger partial charge in [-0.1, -0.05) is 51.1 Å². The number of nitrogens with zero attached hydrogens (tertiary/aromatic N) is 2. The molecule has 2 heterocycles. The topological polar surface area (TPSA) is 78.7 Å². The SMILES string of the molecule is CNC(C)(C(N)=O)[C@@H](C(=O)N1CC[C@H]2CCN(CCc3ccccc3)C[C@H]21)C(C)(C)C. The number of rotatable bonds is 7. The van der Waals surface area contributed by atoms with E-state index in [4.69, 9.17) is 5.73 Å². The van der Waals surface area contributed by atoms with E-state index >= 15 is 0 Å². The van der Waals surface area contributed by atoms with Crippen LogP contribution in [0.3, 0.4) is 0 Å². The standard InChI is InChI=1S/C25H40N4O2/c1-24(2,3)21(25(4,27-5)23(26)31)22(30)29-16-13-19-12-15-28(17-20(19)29)14-11-18-9-7-6-8-10-18/h6-10,19-21,27H,11-17H2,1-5H3,(H2,26,31)/t19-,20-,21+,25?/m1/s1. The van der Waals surface area contributed by atoms with E-state index in [1.165, 1.54) is 5.56 Å². The summed E-state index contributed by atoms with van der Waals surface area (Å²) in [5.74, 6) is -0.402. The van der Waals surface area contributed by atoms with E-state index in [0.717, 1.165) is 45.4 Å². The lowest BCUT2D eigenvalue weighted by Crippen LogP contribution is -2.65. The molecule has 2 aliphatic rings. The van der Waals surface area contributed by atoms with Crippen molar-refractivity contribution in [2.75, 3.05) is 33.2 Å². The van der Waals surface area contributed by atoms with Gasteiger partial charge < -0.3 is 20.9 Å².